The maximum Gasteiger partial charge on any atom is 0.226 e. The number of hydrogen-bond acceptors (Lipinski definition) is 2. The number of nitrogens with one attached hydrogen (secondary N) is 1. The minimum atomic E-state index is -0.168. The van der Waals surface area contributed by atoms with Gasteiger partial charge in [-0.15, -0.1) is 0 Å². The van der Waals surface area contributed by atoms with Crippen molar-refractivity contribution < 1.29 is 9.59 Å². The molecule has 1 N–H and O–H groups in total. The molecule has 0 atom stereocenters. The Morgan fingerprint density at radius 2 is 1.68 bits per heavy atom. The first-order chi connectivity index (χ1) is 11.8. The maximum atomic E-state index is 12.3. The van der Waals surface area contributed by atoms with Gasteiger partial charge in [0.25, 0.3) is 0 Å². The lowest BCUT2D eigenvalue weighted by molar-refractivity contribution is -0.117. The molecule has 0 saturated carbocycles. The zero-order valence-corrected chi connectivity index (χ0v) is 15.9. The Hall–Kier alpha value is -2.04. The number of aryl methyl sites for hydroxylation is 2. The van der Waals surface area contributed by atoms with Crippen LogP contribution >= 0.6 is 23.2 Å². The lowest BCUT2D eigenvalue weighted by atomic mass is 10.1. The van der Waals surface area contributed by atoms with E-state index in [2.05, 4.69) is 5.32 Å². The second kappa shape index (κ2) is 8.37. The van der Waals surface area contributed by atoms with E-state index < -0.39 is 0 Å². The first kappa shape index (κ1) is 19.3. The van der Waals surface area contributed by atoms with Crippen molar-refractivity contribution >= 4 is 46.4 Å². The van der Waals surface area contributed by atoms with Gasteiger partial charge in [-0.25, -0.2) is 0 Å². The van der Waals surface area contributed by atoms with Crippen LogP contribution in [0.1, 0.15) is 24.5 Å². The van der Waals surface area contributed by atoms with Crippen LogP contribution < -0.4 is 10.2 Å². The van der Waals surface area contributed by atoms with Crippen LogP contribution in [-0.4, -0.2) is 18.4 Å². The van der Waals surface area contributed by atoms with Crippen molar-refractivity contribution in [3.63, 3.8) is 0 Å². The standard InChI is InChI=1S/C19H20Cl2N2O2/c1-12-5-4-6-13(2)19(12)22-18(25)9-10-23(14(3)24)15-7-8-16(20)17(21)11-15/h4-8,11H,9-10H2,1-3H3,(H,22,25). The minimum absolute atomic E-state index is 0.149. The van der Waals surface area contributed by atoms with Gasteiger partial charge < -0.3 is 10.2 Å². The molecule has 0 heterocycles. The average molecular weight is 379 g/mol. The van der Waals surface area contributed by atoms with Gasteiger partial charge >= 0.3 is 0 Å². The van der Waals surface area contributed by atoms with E-state index in [0.29, 0.717) is 15.7 Å². The largest absolute Gasteiger partial charge is 0.326 e. The van der Waals surface area contributed by atoms with Crippen LogP contribution in [0.25, 0.3) is 0 Å². The molecule has 0 fully saturated rings. The minimum Gasteiger partial charge on any atom is -0.326 e. The highest BCUT2D eigenvalue weighted by atomic mass is 35.5. The molecule has 0 unspecified atom stereocenters. The van der Waals surface area contributed by atoms with Gasteiger partial charge in [-0.2, -0.15) is 0 Å². The molecule has 2 rings (SSSR count). The summed E-state index contributed by atoms with van der Waals surface area (Å²) >= 11 is 11.9. The summed E-state index contributed by atoms with van der Waals surface area (Å²) in [7, 11) is 0. The molecule has 0 radical (unpaired) electrons. The lowest BCUT2D eigenvalue weighted by Crippen LogP contribution is -2.32. The van der Waals surface area contributed by atoms with Crippen LogP contribution in [0.5, 0.6) is 0 Å². The van der Waals surface area contributed by atoms with E-state index in [9.17, 15) is 9.59 Å². The number of amides is 2. The fourth-order valence-electron chi connectivity index (χ4n) is 2.55. The summed E-state index contributed by atoms with van der Waals surface area (Å²) in [5.41, 5.74) is 3.43. The molecule has 6 heteroatoms. The number of anilines is 2. The first-order valence-corrected chi connectivity index (χ1v) is 8.64. The van der Waals surface area contributed by atoms with Crippen molar-refractivity contribution in [2.75, 3.05) is 16.8 Å². The Labute approximate surface area is 157 Å². The number of carbonyl (C=O) groups is 2. The molecule has 2 aromatic carbocycles. The predicted molar refractivity (Wildman–Crippen MR) is 104 cm³/mol. The summed E-state index contributed by atoms with van der Waals surface area (Å²) in [5, 5.41) is 3.71. The van der Waals surface area contributed by atoms with Crippen molar-refractivity contribution in [3.05, 3.63) is 57.6 Å². The fourth-order valence-corrected chi connectivity index (χ4v) is 2.84. The summed E-state index contributed by atoms with van der Waals surface area (Å²) in [6, 6.07) is 10.8. The molecule has 132 valence electrons. The topological polar surface area (TPSA) is 49.4 Å². The van der Waals surface area contributed by atoms with E-state index in [0.717, 1.165) is 16.8 Å². The molecule has 0 aliphatic carbocycles. The summed E-state index contributed by atoms with van der Waals surface area (Å²) in [5.74, 6) is -0.318. The Bertz CT molecular complexity index is 786. The van der Waals surface area contributed by atoms with Crippen molar-refractivity contribution in [1.29, 1.82) is 0 Å². The van der Waals surface area contributed by atoms with Gasteiger partial charge in [0.15, 0.2) is 0 Å². The van der Waals surface area contributed by atoms with Gasteiger partial charge in [-0.3, -0.25) is 9.59 Å². The van der Waals surface area contributed by atoms with Crippen molar-refractivity contribution in [2.45, 2.75) is 27.2 Å². The number of benzene rings is 2. The number of hydrogen-bond donors (Lipinski definition) is 1. The highest BCUT2D eigenvalue weighted by Crippen LogP contribution is 2.27. The number of nitrogens with zero attached hydrogens (tertiary/aromatic N) is 1. The summed E-state index contributed by atoms with van der Waals surface area (Å²) in [4.78, 5) is 25.7. The van der Waals surface area contributed by atoms with Crippen molar-refractivity contribution in [3.8, 4) is 0 Å². The first-order valence-electron chi connectivity index (χ1n) is 7.89. The van der Waals surface area contributed by atoms with Gasteiger partial charge in [0.05, 0.1) is 10.0 Å². The van der Waals surface area contributed by atoms with E-state index in [-0.39, 0.29) is 24.8 Å². The third kappa shape index (κ3) is 4.97. The molecule has 4 nitrogen and oxygen atoms in total. The Morgan fingerprint density at radius 1 is 1.04 bits per heavy atom. The van der Waals surface area contributed by atoms with Crippen LogP contribution in [0.3, 0.4) is 0 Å². The summed E-state index contributed by atoms with van der Waals surface area (Å²) in [6.45, 7) is 5.59. The van der Waals surface area contributed by atoms with Crippen LogP contribution in [0.15, 0.2) is 36.4 Å². The molecule has 2 aromatic rings. The van der Waals surface area contributed by atoms with E-state index in [1.165, 1.54) is 11.8 Å². The Kier molecular flexibility index (Phi) is 6.45. The molecule has 0 spiro atoms. The predicted octanol–water partition coefficient (Wildman–Crippen LogP) is 4.99. The van der Waals surface area contributed by atoms with Gasteiger partial charge in [0.1, 0.15) is 0 Å². The fraction of sp³-hybridized carbons (Fsp3) is 0.263. The highest BCUT2D eigenvalue weighted by Gasteiger charge is 2.15. The molecule has 0 saturated heterocycles. The van der Waals surface area contributed by atoms with Crippen LogP contribution in [0.4, 0.5) is 11.4 Å². The number of rotatable bonds is 5. The quantitative estimate of drug-likeness (QED) is 0.796. The second-order valence-corrected chi connectivity index (χ2v) is 6.65. The Morgan fingerprint density at radius 3 is 2.24 bits per heavy atom. The molecular weight excluding hydrogens is 359 g/mol. The van der Waals surface area contributed by atoms with E-state index in [4.69, 9.17) is 23.2 Å². The SMILES string of the molecule is CC(=O)N(CCC(=O)Nc1c(C)cccc1C)c1ccc(Cl)c(Cl)c1. The molecule has 0 bridgehead atoms. The van der Waals surface area contributed by atoms with Crippen molar-refractivity contribution in [1.82, 2.24) is 0 Å². The molecule has 25 heavy (non-hydrogen) atoms. The van der Waals surface area contributed by atoms with E-state index in [1.807, 2.05) is 32.0 Å². The molecule has 2 amide bonds. The number of halogens is 2. The van der Waals surface area contributed by atoms with Crippen LogP contribution in [0, 0.1) is 13.8 Å². The number of carbonyl (C=O) groups excluding carboxylic acids is 2. The zero-order valence-electron chi connectivity index (χ0n) is 14.4. The van der Waals surface area contributed by atoms with Crippen molar-refractivity contribution in [2.24, 2.45) is 0 Å². The normalized spacial score (nSPS) is 10.4. The highest BCUT2D eigenvalue weighted by molar-refractivity contribution is 6.42. The van der Waals surface area contributed by atoms with Gasteiger partial charge in [-0.1, -0.05) is 41.4 Å². The van der Waals surface area contributed by atoms with Gasteiger partial charge in [0, 0.05) is 31.3 Å². The number of para-hydroxylation sites is 1. The molecule has 0 aliphatic heterocycles. The molecule has 0 aliphatic rings. The van der Waals surface area contributed by atoms with Crippen LogP contribution in [-0.2, 0) is 9.59 Å². The van der Waals surface area contributed by atoms with Gasteiger partial charge in [0.2, 0.25) is 11.8 Å². The monoisotopic (exact) mass is 378 g/mol. The van der Waals surface area contributed by atoms with Crippen LogP contribution in [0.2, 0.25) is 10.0 Å². The third-order valence-corrected chi connectivity index (χ3v) is 4.64. The Balaban J connectivity index is 2.07. The summed E-state index contributed by atoms with van der Waals surface area (Å²) < 4.78 is 0. The second-order valence-electron chi connectivity index (χ2n) is 5.83. The van der Waals surface area contributed by atoms with Gasteiger partial charge in [-0.05, 0) is 43.2 Å². The smallest absolute Gasteiger partial charge is 0.226 e. The van der Waals surface area contributed by atoms with E-state index >= 15 is 0 Å². The lowest BCUT2D eigenvalue weighted by Gasteiger charge is -2.21. The molecule has 0 aromatic heterocycles. The zero-order chi connectivity index (χ0) is 18.6. The average Bonchev–Trinajstić information content (AvgIpc) is 2.54. The molecular formula is C19H20Cl2N2O2. The third-order valence-electron chi connectivity index (χ3n) is 3.90. The van der Waals surface area contributed by atoms with E-state index in [1.54, 1.807) is 18.2 Å². The maximum absolute atomic E-state index is 12.3. The summed E-state index contributed by atoms with van der Waals surface area (Å²) in [6.07, 6.45) is 0.174.